The van der Waals surface area contributed by atoms with Crippen LogP contribution in [-0.4, -0.2) is 38.0 Å². The SMILES string of the molecule is CCNC(=NCc1ccccc1)NCC(c1ccco1)N(C)C.I. The molecular weight excluding hydrogens is 415 g/mol. The number of guanidine groups is 1. The van der Waals surface area contributed by atoms with Crippen molar-refractivity contribution in [3.63, 3.8) is 0 Å². The normalized spacial score (nSPS) is 12.6. The third kappa shape index (κ3) is 6.52. The molecule has 132 valence electrons. The third-order valence-electron chi connectivity index (χ3n) is 3.56. The maximum atomic E-state index is 5.54. The molecule has 1 aromatic heterocycles. The van der Waals surface area contributed by atoms with Gasteiger partial charge in [-0.25, -0.2) is 4.99 Å². The van der Waals surface area contributed by atoms with Crippen LogP contribution in [0.15, 0.2) is 58.1 Å². The number of hydrogen-bond donors (Lipinski definition) is 2. The summed E-state index contributed by atoms with van der Waals surface area (Å²) in [5.74, 6) is 1.76. The zero-order valence-corrected chi connectivity index (χ0v) is 16.9. The first-order chi connectivity index (χ1) is 11.2. The highest BCUT2D eigenvalue weighted by molar-refractivity contribution is 14.0. The van der Waals surface area contributed by atoms with Crippen LogP contribution in [0.5, 0.6) is 0 Å². The van der Waals surface area contributed by atoms with E-state index in [1.807, 2.05) is 44.4 Å². The van der Waals surface area contributed by atoms with E-state index in [1.54, 1.807) is 6.26 Å². The zero-order chi connectivity index (χ0) is 16.5. The first-order valence-corrected chi connectivity index (χ1v) is 7.96. The highest BCUT2D eigenvalue weighted by Gasteiger charge is 2.17. The highest BCUT2D eigenvalue weighted by atomic mass is 127. The number of rotatable bonds is 7. The van der Waals surface area contributed by atoms with Gasteiger partial charge in [0, 0.05) is 13.1 Å². The Kier molecular flexibility index (Phi) is 9.48. The summed E-state index contributed by atoms with van der Waals surface area (Å²) >= 11 is 0. The topological polar surface area (TPSA) is 52.8 Å². The summed E-state index contributed by atoms with van der Waals surface area (Å²) in [6.07, 6.45) is 1.71. The molecule has 0 aliphatic rings. The van der Waals surface area contributed by atoms with Crippen molar-refractivity contribution in [2.45, 2.75) is 19.5 Å². The van der Waals surface area contributed by atoms with E-state index in [9.17, 15) is 0 Å². The number of likely N-dealkylation sites (N-methyl/N-ethyl adjacent to an activating group) is 1. The first kappa shape index (κ1) is 20.5. The molecule has 2 aromatic rings. The zero-order valence-electron chi connectivity index (χ0n) is 14.5. The molecule has 1 heterocycles. The van der Waals surface area contributed by atoms with Crippen LogP contribution in [0.1, 0.15) is 24.3 Å². The Hall–Kier alpha value is -1.54. The van der Waals surface area contributed by atoms with E-state index in [-0.39, 0.29) is 30.0 Å². The number of halogens is 1. The molecule has 0 saturated carbocycles. The van der Waals surface area contributed by atoms with Crippen LogP contribution in [0.4, 0.5) is 0 Å². The fraction of sp³-hybridized carbons (Fsp3) is 0.389. The Morgan fingerprint density at radius 2 is 1.88 bits per heavy atom. The smallest absolute Gasteiger partial charge is 0.191 e. The third-order valence-corrected chi connectivity index (χ3v) is 3.56. The lowest BCUT2D eigenvalue weighted by atomic mass is 10.2. The van der Waals surface area contributed by atoms with Gasteiger partial charge in [0.1, 0.15) is 5.76 Å². The lowest BCUT2D eigenvalue weighted by Crippen LogP contribution is -2.41. The summed E-state index contributed by atoms with van der Waals surface area (Å²) in [7, 11) is 4.09. The van der Waals surface area contributed by atoms with Crippen LogP contribution in [0.3, 0.4) is 0 Å². The van der Waals surface area contributed by atoms with Crippen LogP contribution in [0.2, 0.25) is 0 Å². The lowest BCUT2D eigenvalue weighted by molar-refractivity contribution is 0.258. The van der Waals surface area contributed by atoms with Gasteiger partial charge < -0.3 is 15.1 Å². The number of hydrogen-bond acceptors (Lipinski definition) is 3. The summed E-state index contributed by atoms with van der Waals surface area (Å²) in [6, 6.07) is 14.3. The monoisotopic (exact) mass is 442 g/mol. The van der Waals surface area contributed by atoms with Crippen molar-refractivity contribution in [3.8, 4) is 0 Å². The second kappa shape index (κ2) is 11.1. The molecular formula is C18H27IN4O. The van der Waals surface area contributed by atoms with Crippen molar-refractivity contribution < 1.29 is 4.42 Å². The van der Waals surface area contributed by atoms with Gasteiger partial charge in [0.25, 0.3) is 0 Å². The number of furan rings is 1. The van der Waals surface area contributed by atoms with Crippen molar-refractivity contribution in [2.75, 3.05) is 27.2 Å². The average Bonchev–Trinajstić information content (AvgIpc) is 3.07. The van der Waals surface area contributed by atoms with Crippen LogP contribution >= 0.6 is 24.0 Å². The van der Waals surface area contributed by atoms with Gasteiger partial charge in [-0.15, -0.1) is 24.0 Å². The molecule has 2 rings (SSSR count). The second-order valence-electron chi connectivity index (χ2n) is 5.56. The quantitative estimate of drug-likeness (QED) is 0.393. The van der Waals surface area contributed by atoms with Crippen molar-refractivity contribution in [2.24, 2.45) is 4.99 Å². The van der Waals surface area contributed by atoms with Gasteiger partial charge in [-0.05, 0) is 38.7 Å². The summed E-state index contributed by atoms with van der Waals surface area (Å²) < 4.78 is 5.54. The molecule has 2 N–H and O–H groups in total. The van der Waals surface area contributed by atoms with Crippen LogP contribution in [0.25, 0.3) is 0 Å². The maximum Gasteiger partial charge on any atom is 0.191 e. The number of benzene rings is 1. The van der Waals surface area contributed by atoms with Crippen molar-refractivity contribution in [3.05, 3.63) is 60.1 Å². The fourth-order valence-corrected chi connectivity index (χ4v) is 2.31. The summed E-state index contributed by atoms with van der Waals surface area (Å²) in [5, 5.41) is 6.68. The standard InChI is InChI=1S/C18H26N4O.HI/c1-4-19-18(20-13-15-9-6-5-7-10-15)21-14-16(22(2)3)17-11-8-12-23-17;/h5-12,16H,4,13-14H2,1-3H3,(H2,19,20,21);1H. The molecule has 0 saturated heterocycles. The van der Waals surface area contributed by atoms with Gasteiger partial charge in [0.05, 0.1) is 18.8 Å². The van der Waals surface area contributed by atoms with E-state index in [0.717, 1.165) is 24.8 Å². The van der Waals surface area contributed by atoms with E-state index < -0.39 is 0 Å². The van der Waals surface area contributed by atoms with Crippen LogP contribution < -0.4 is 10.6 Å². The molecule has 1 unspecified atom stereocenters. The molecule has 0 fully saturated rings. The van der Waals surface area contributed by atoms with E-state index in [4.69, 9.17) is 4.42 Å². The van der Waals surface area contributed by atoms with Gasteiger partial charge in [-0.1, -0.05) is 30.3 Å². The van der Waals surface area contributed by atoms with E-state index >= 15 is 0 Å². The average molecular weight is 442 g/mol. The number of nitrogens with zero attached hydrogens (tertiary/aromatic N) is 2. The Labute approximate surface area is 161 Å². The first-order valence-electron chi connectivity index (χ1n) is 7.96. The summed E-state index contributed by atoms with van der Waals surface area (Å²) in [6.45, 7) is 4.27. The molecule has 0 amide bonds. The summed E-state index contributed by atoms with van der Waals surface area (Å²) in [4.78, 5) is 6.77. The van der Waals surface area contributed by atoms with Gasteiger partial charge in [0.2, 0.25) is 0 Å². The van der Waals surface area contributed by atoms with Gasteiger partial charge in [-0.3, -0.25) is 4.90 Å². The van der Waals surface area contributed by atoms with E-state index in [1.165, 1.54) is 5.56 Å². The highest BCUT2D eigenvalue weighted by Crippen LogP contribution is 2.17. The fourth-order valence-electron chi connectivity index (χ4n) is 2.31. The Morgan fingerprint density at radius 1 is 1.12 bits per heavy atom. The minimum absolute atomic E-state index is 0. The minimum Gasteiger partial charge on any atom is -0.468 e. The predicted molar refractivity (Wildman–Crippen MR) is 110 cm³/mol. The number of nitrogens with one attached hydrogen (secondary N) is 2. The van der Waals surface area contributed by atoms with Crippen molar-refractivity contribution in [1.29, 1.82) is 0 Å². The van der Waals surface area contributed by atoms with Gasteiger partial charge in [0.15, 0.2) is 5.96 Å². The minimum atomic E-state index is 0. The van der Waals surface area contributed by atoms with Gasteiger partial charge >= 0.3 is 0 Å². The summed E-state index contributed by atoms with van der Waals surface area (Å²) in [5.41, 5.74) is 1.19. The van der Waals surface area contributed by atoms with Gasteiger partial charge in [-0.2, -0.15) is 0 Å². The van der Waals surface area contributed by atoms with E-state index in [2.05, 4.69) is 39.6 Å². The predicted octanol–water partition coefficient (Wildman–Crippen LogP) is 3.26. The second-order valence-corrected chi connectivity index (χ2v) is 5.56. The molecule has 6 heteroatoms. The molecule has 24 heavy (non-hydrogen) atoms. The van der Waals surface area contributed by atoms with Crippen LogP contribution in [0, 0.1) is 0 Å². The largest absolute Gasteiger partial charge is 0.468 e. The molecule has 0 spiro atoms. The maximum absolute atomic E-state index is 5.54. The lowest BCUT2D eigenvalue weighted by Gasteiger charge is -2.23. The molecule has 5 nitrogen and oxygen atoms in total. The Bertz CT molecular complexity index is 584. The Morgan fingerprint density at radius 3 is 2.46 bits per heavy atom. The van der Waals surface area contributed by atoms with E-state index in [0.29, 0.717) is 6.54 Å². The van der Waals surface area contributed by atoms with Crippen molar-refractivity contribution >= 4 is 29.9 Å². The van der Waals surface area contributed by atoms with Crippen molar-refractivity contribution in [1.82, 2.24) is 15.5 Å². The molecule has 1 atom stereocenters. The molecule has 0 radical (unpaired) electrons. The van der Waals surface area contributed by atoms with Crippen LogP contribution in [-0.2, 0) is 6.54 Å². The molecule has 0 bridgehead atoms. The molecule has 0 aliphatic carbocycles. The molecule has 0 aliphatic heterocycles. The number of aliphatic imine (C=N–C) groups is 1. The Balaban J connectivity index is 0.00000288. The molecule has 1 aromatic carbocycles.